The first-order chi connectivity index (χ1) is 10.0. The molecule has 0 aromatic rings. The summed E-state index contributed by atoms with van der Waals surface area (Å²) in [5, 5.41) is 0. The second-order valence-electron chi connectivity index (χ2n) is 6.28. The summed E-state index contributed by atoms with van der Waals surface area (Å²) in [7, 11) is 2.19. The number of nitrogens with zero attached hydrogens (tertiary/aromatic N) is 1. The van der Waals surface area contributed by atoms with Gasteiger partial charge in [0.2, 0.25) is 0 Å². The highest BCUT2D eigenvalue weighted by Gasteiger charge is 2.16. The summed E-state index contributed by atoms with van der Waals surface area (Å²) in [6.45, 7) is 8.17. The van der Waals surface area contributed by atoms with Gasteiger partial charge in [0.1, 0.15) is 11.6 Å². The van der Waals surface area contributed by atoms with Gasteiger partial charge in [0.05, 0.1) is 0 Å². The topological polar surface area (TPSA) is 37.4 Å². The summed E-state index contributed by atoms with van der Waals surface area (Å²) in [6, 6.07) is 0. The van der Waals surface area contributed by atoms with E-state index in [1.165, 1.54) is 32.2 Å². The van der Waals surface area contributed by atoms with Gasteiger partial charge in [0.15, 0.2) is 0 Å². The fourth-order valence-corrected chi connectivity index (χ4v) is 2.61. The highest BCUT2D eigenvalue weighted by atomic mass is 16.1. The molecule has 0 saturated heterocycles. The fourth-order valence-electron chi connectivity index (χ4n) is 2.61. The number of Topliss-reactive ketones (excluding diaryl/α,β-unsaturated/α-hetero) is 2. The molecule has 0 saturated carbocycles. The van der Waals surface area contributed by atoms with Gasteiger partial charge in [-0.1, -0.05) is 33.1 Å². The highest BCUT2D eigenvalue weighted by Crippen LogP contribution is 2.16. The average Bonchev–Trinajstić information content (AvgIpc) is 2.45. The lowest BCUT2D eigenvalue weighted by molar-refractivity contribution is -0.126. The molecule has 0 heterocycles. The number of ketones is 2. The Labute approximate surface area is 131 Å². The number of carbonyl (C=O) groups excluding carboxylic acids is 2. The third-order valence-corrected chi connectivity index (χ3v) is 4.16. The van der Waals surface area contributed by atoms with Gasteiger partial charge in [-0.3, -0.25) is 4.79 Å². The van der Waals surface area contributed by atoms with Crippen LogP contribution in [0.25, 0.3) is 0 Å². The minimum absolute atomic E-state index is 0.118. The molecule has 1 atom stereocenters. The number of hydrogen-bond donors (Lipinski definition) is 0. The van der Waals surface area contributed by atoms with Gasteiger partial charge in [-0.25, -0.2) is 0 Å². The Kier molecular flexibility index (Phi) is 12.6. The maximum absolute atomic E-state index is 12.0. The lowest BCUT2D eigenvalue weighted by Gasteiger charge is -2.17. The molecule has 0 aliphatic carbocycles. The van der Waals surface area contributed by atoms with E-state index in [1.807, 2.05) is 0 Å². The Morgan fingerprint density at radius 1 is 0.952 bits per heavy atom. The maximum atomic E-state index is 12.0. The van der Waals surface area contributed by atoms with Gasteiger partial charge < -0.3 is 9.69 Å². The highest BCUT2D eigenvalue weighted by molar-refractivity contribution is 5.86. The normalized spacial score (nSPS) is 12.6. The van der Waals surface area contributed by atoms with E-state index >= 15 is 0 Å². The van der Waals surface area contributed by atoms with E-state index in [2.05, 4.69) is 25.8 Å². The van der Waals surface area contributed by atoms with Crippen LogP contribution in [0.2, 0.25) is 0 Å². The van der Waals surface area contributed by atoms with Gasteiger partial charge in [-0.2, -0.15) is 0 Å². The predicted octanol–water partition coefficient (Wildman–Crippen LogP) is 4.24. The first-order valence-electron chi connectivity index (χ1n) is 8.71. The monoisotopic (exact) mass is 297 g/mol. The van der Waals surface area contributed by atoms with E-state index in [4.69, 9.17) is 0 Å². The summed E-state index contributed by atoms with van der Waals surface area (Å²) in [5.41, 5.74) is 0. The Morgan fingerprint density at radius 2 is 1.57 bits per heavy atom. The van der Waals surface area contributed by atoms with E-state index in [9.17, 15) is 9.59 Å². The molecule has 0 aliphatic heterocycles. The molecule has 0 amide bonds. The molecule has 0 N–H and O–H groups in total. The largest absolute Gasteiger partial charge is 0.306 e. The van der Waals surface area contributed by atoms with E-state index in [1.54, 1.807) is 6.92 Å². The molecule has 0 fully saturated rings. The Hall–Kier alpha value is -0.700. The van der Waals surface area contributed by atoms with Crippen LogP contribution in [0, 0.1) is 5.92 Å². The number of unbranched alkanes of at least 4 members (excludes halogenated alkanes) is 3. The molecule has 0 aromatic carbocycles. The van der Waals surface area contributed by atoms with Crippen LogP contribution >= 0.6 is 0 Å². The van der Waals surface area contributed by atoms with Crippen molar-refractivity contribution in [2.24, 2.45) is 5.92 Å². The van der Waals surface area contributed by atoms with Crippen molar-refractivity contribution < 1.29 is 9.59 Å². The third-order valence-electron chi connectivity index (χ3n) is 4.16. The molecule has 0 bridgehead atoms. The summed E-state index contributed by atoms with van der Waals surface area (Å²) in [6.07, 6.45) is 8.89. The van der Waals surface area contributed by atoms with Crippen LogP contribution < -0.4 is 0 Å². The summed E-state index contributed by atoms with van der Waals surface area (Å²) in [5.74, 6) is 0.561. The standard InChI is InChI=1S/C18H35NO2/c1-5-7-9-14-19(4)15-10-8-11-17(6-2)18(21)13-12-16(3)20/h17H,5-15H2,1-4H3. The zero-order valence-electron chi connectivity index (χ0n) is 14.6. The number of hydrogen-bond acceptors (Lipinski definition) is 3. The van der Waals surface area contributed by atoms with Crippen LogP contribution in [0.5, 0.6) is 0 Å². The van der Waals surface area contributed by atoms with Crippen LogP contribution in [0.4, 0.5) is 0 Å². The SMILES string of the molecule is CCCCCN(C)CCCCC(CC)C(=O)CCC(C)=O. The summed E-state index contributed by atoms with van der Waals surface area (Å²) in [4.78, 5) is 25.4. The second kappa shape index (κ2) is 13.0. The minimum Gasteiger partial charge on any atom is -0.306 e. The van der Waals surface area contributed by atoms with E-state index < -0.39 is 0 Å². The molecule has 1 unspecified atom stereocenters. The van der Waals surface area contributed by atoms with Crippen molar-refractivity contribution in [3.8, 4) is 0 Å². The van der Waals surface area contributed by atoms with Crippen molar-refractivity contribution >= 4 is 11.6 Å². The Bertz CT molecular complexity index is 289. The molecule has 21 heavy (non-hydrogen) atoms. The first kappa shape index (κ1) is 20.3. The lowest BCUT2D eigenvalue weighted by Crippen LogP contribution is -2.21. The molecular weight excluding hydrogens is 262 g/mol. The zero-order chi connectivity index (χ0) is 16.1. The van der Waals surface area contributed by atoms with Crippen molar-refractivity contribution in [1.82, 2.24) is 4.90 Å². The molecule has 0 radical (unpaired) electrons. The Morgan fingerprint density at radius 3 is 2.10 bits per heavy atom. The second-order valence-corrected chi connectivity index (χ2v) is 6.28. The smallest absolute Gasteiger partial charge is 0.136 e. The number of carbonyl (C=O) groups is 2. The van der Waals surface area contributed by atoms with Gasteiger partial charge in [0, 0.05) is 18.8 Å². The molecule has 0 spiro atoms. The third kappa shape index (κ3) is 11.6. The van der Waals surface area contributed by atoms with Crippen molar-refractivity contribution in [3.63, 3.8) is 0 Å². The van der Waals surface area contributed by atoms with Crippen LogP contribution in [-0.2, 0) is 9.59 Å². The summed E-state index contributed by atoms with van der Waals surface area (Å²) < 4.78 is 0. The van der Waals surface area contributed by atoms with Crippen molar-refractivity contribution in [3.05, 3.63) is 0 Å². The van der Waals surface area contributed by atoms with Gasteiger partial charge in [-0.15, -0.1) is 0 Å². The van der Waals surface area contributed by atoms with E-state index in [0.29, 0.717) is 12.8 Å². The summed E-state index contributed by atoms with van der Waals surface area (Å²) >= 11 is 0. The molecule has 0 rings (SSSR count). The molecule has 0 aromatic heterocycles. The molecular formula is C18H35NO2. The quantitative estimate of drug-likeness (QED) is 0.450. The minimum atomic E-state index is 0.118. The lowest BCUT2D eigenvalue weighted by atomic mass is 9.92. The number of rotatable bonds is 14. The molecule has 0 aliphatic rings. The van der Waals surface area contributed by atoms with Crippen molar-refractivity contribution in [2.45, 2.75) is 78.6 Å². The predicted molar refractivity (Wildman–Crippen MR) is 89.6 cm³/mol. The molecule has 3 heteroatoms. The zero-order valence-corrected chi connectivity index (χ0v) is 14.6. The van der Waals surface area contributed by atoms with Crippen LogP contribution in [0.15, 0.2) is 0 Å². The van der Waals surface area contributed by atoms with Gasteiger partial charge in [0.25, 0.3) is 0 Å². The van der Waals surface area contributed by atoms with Crippen LogP contribution in [0.1, 0.15) is 78.6 Å². The van der Waals surface area contributed by atoms with Crippen molar-refractivity contribution in [2.75, 3.05) is 20.1 Å². The first-order valence-corrected chi connectivity index (χ1v) is 8.71. The van der Waals surface area contributed by atoms with E-state index in [0.717, 1.165) is 25.8 Å². The molecule has 3 nitrogen and oxygen atoms in total. The Balaban J connectivity index is 3.75. The van der Waals surface area contributed by atoms with Crippen molar-refractivity contribution in [1.29, 1.82) is 0 Å². The van der Waals surface area contributed by atoms with Gasteiger partial charge in [-0.05, 0) is 52.7 Å². The van der Waals surface area contributed by atoms with Gasteiger partial charge >= 0.3 is 0 Å². The molecule has 124 valence electrons. The fraction of sp³-hybridized carbons (Fsp3) is 0.889. The van der Waals surface area contributed by atoms with E-state index in [-0.39, 0.29) is 17.5 Å². The maximum Gasteiger partial charge on any atom is 0.136 e. The average molecular weight is 297 g/mol. The van der Waals surface area contributed by atoms with Crippen LogP contribution in [0.3, 0.4) is 0 Å². The van der Waals surface area contributed by atoms with Crippen LogP contribution in [-0.4, -0.2) is 36.6 Å².